The first-order valence-corrected chi connectivity index (χ1v) is 5.99. The van der Waals surface area contributed by atoms with Crippen molar-refractivity contribution in [2.75, 3.05) is 0 Å². The van der Waals surface area contributed by atoms with Gasteiger partial charge in [-0.05, 0) is 30.0 Å². The van der Waals surface area contributed by atoms with Crippen LogP contribution in [0.2, 0.25) is 0 Å². The first kappa shape index (κ1) is 15.1. The van der Waals surface area contributed by atoms with Crippen LogP contribution in [0, 0.1) is 0 Å². The molecule has 0 aliphatic carbocycles. The Morgan fingerprint density at radius 2 is 2.00 bits per heavy atom. The van der Waals surface area contributed by atoms with Gasteiger partial charge in [0.2, 0.25) is 0 Å². The van der Waals surface area contributed by atoms with Gasteiger partial charge >= 0.3 is 0 Å². The Hall–Kier alpha value is 0.148. The van der Waals surface area contributed by atoms with Gasteiger partial charge in [-0.15, -0.1) is 0 Å². The van der Waals surface area contributed by atoms with Crippen LogP contribution in [-0.2, 0) is 33.9 Å². The van der Waals surface area contributed by atoms with Crippen LogP contribution in [0.3, 0.4) is 0 Å². The maximum atomic E-state index is 5.53. The molecule has 1 nitrogen and oxygen atoms in total. The molecule has 0 spiro atoms. The number of thiocarbonyl (C=S) groups is 1. The van der Waals surface area contributed by atoms with E-state index in [-0.39, 0.29) is 21.1 Å². The molecule has 0 saturated carbocycles. The summed E-state index contributed by atoms with van der Waals surface area (Å²) in [5.41, 5.74) is 8.31. The van der Waals surface area contributed by atoms with E-state index in [1.54, 1.807) is 0 Å². The van der Waals surface area contributed by atoms with Crippen molar-refractivity contribution in [1.82, 2.24) is 0 Å². The second-order valence-corrected chi connectivity index (χ2v) is 4.80. The van der Waals surface area contributed by atoms with E-state index in [9.17, 15) is 0 Å². The van der Waals surface area contributed by atoms with Crippen molar-refractivity contribution in [3.8, 4) is 0 Å². The minimum atomic E-state index is 0. The zero-order chi connectivity index (χ0) is 10.6. The third-order valence-corrected chi connectivity index (χ3v) is 3.23. The number of aryl methyl sites for hydroxylation is 1. The monoisotopic (exact) mass is 323 g/mol. The van der Waals surface area contributed by atoms with E-state index in [1.807, 2.05) is 0 Å². The third kappa shape index (κ3) is 4.26. The summed E-state index contributed by atoms with van der Waals surface area (Å²) >= 11 is 6.39. The SMILES string of the molecule is CCc1cccc(SC(N)=S)c1CC.[Mo]. The average molecular weight is 321 g/mol. The molecule has 0 amide bonds. The molecule has 1 aromatic rings. The first-order valence-electron chi connectivity index (χ1n) is 4.77. The van der Waals surface area contributed by atoms with Crippen molar-refractivity contribution in [1.29, 1.82) is 0 Å². The zero-order valence-corrected chi connectivity index (χ0v) is 12.6. The number of nitrogens with two attached hydrogens (primary N) is 1. The van der Waals surface area contributed by atoms with Crippen molar-refractivity contribution in [3.05, 3.63) is 29.3 Å². The fourth-order valence-corrected chi connectivity index (χ4v) is 2.58. The molecule has 1 rings (SSSR count). The molecular formula is C11H15MoNS2. The smallest absolute Gasteiger partial charge is 0.136 e. The van der Waals surface area contributed by atoms with E-state index in [1.165, 1.54) is 27.8 Å². The Morgan fingerprint density at radius 3 is 2.47 bits per heavy atom. The van der Waals surface area contributed by atoms with Gasteiger partial charge in [-0.2, -0.15) is 0 Å². The Labute approximate surface area is 115 Å². The Morgan fingerprint density at radius 1 is 1.33 bits per heavy atom. The van der Waals surface area contributed by atoms with E-state index in [0.29, 0.717) is 4.32 Å². The van der Waals surface area contributed by atoms with Gasteiger partial charge in [-0.3, -0.25) is 0 Å². The van der Waals surface area contributed by atoms with Crippen LogP contribution < -0.4 is 5.73 Å². The van der Waals surface area contributed by atoms with E-state index in [0.717, 1.165) is 12.8 Å². The van der Waals surface area contributed by atoms with E-state index >= 15 is 0 Å². The van der Waals surface area contributed by atoms with Crippen molar-refractivity contribution < 1.29 is 21.1 Å². The fraction of sp³-hybridized carbons (Fsp3) is 0.364. The van der Waals surface area contributed by atoms with Gasteiger partial charge < -0.3 is 5.73 Å². The van der Waals surface area contributed by atoms with Crippen LogP contribution in [0.4, 0.5) is 0 Å². The molecule has 0 fully saturated rings. The zero-order valence-electron chi connectivity index (χ0n) is 8.95. The quantitative estimate of drug-likeness (QED) is 0.526. The molecular weight excluding hydrogens is 306 g/mol. The predicted octanol–water partition coefficient (Wildman–Crippen LogP) is 3.14. The third-order valence-electron chi connectivity index (χ3n) is 2.18. The van der Waals surface area contributed by atoms with Crippen molar-refractivity contribution in [2.24, 2.45) is 5.73 Å². The maximum Gasteiger partial charge on any atom is 0.136 e. The van der Waals surface area contributed by atoms with Gasteiger partial charge in [0.1, 0.15) is 4.32 Å². The molecule has 0 saturated heterocycles. The molecule has 0 atom stereocenters. The van der Waals surface area contributed by atoms with Crippen LogP contribution >= 0.6 is 24.0 Å². The van der Waals surface area contributed by atoms with Crippen LogP contribution in [0.5, 0.6) is 0 Å². The van der Waals surface area contributed by atoms with Crippen molar-refractivity contribution in [2.45, 2.75) is 31.6 Å². The van der Waals surface area contributed by atoms with Gasteiger partial charge in [-0.1, -0.05) is 50.0 Å². The topological polar surface area (TPSA) is 26.0 Å². The summed E-state index contributed by atoms with van der Waals surface area (Å²) in [6.45, 7) is 4.34. The second-order valence-electron chi connectivity index (χ2n) is 3.02. The normalized spacial score (nSPS) is 9.47. The standard InChI is InChI=1S/C11H15NS2.Mo/c1-3-8-6-5-7-10(9(8)4-2)14-11(12)13;/h5-7H,3-4H2,1-2H3,(H2,12,13);. The minimum Gasteiger partial charge on any atom is -0.384 e. The van der Waals surface area contributed by atoms with Crippen LogP contribution in [0.1, 0.15) is 25.0 Å². The molecule has 0 aliphatic rings. The Bertz CT molecular complexity index is 339. The van der Waals surface area contributed by atoms with E-state index < -0.39 is 0 Å². The molecule has 15 heavy (non-hydrogen) atoms. The number of hydrogen-bond acceptors (Lipinski definition) is 2. The van der Waals surface area contributed by atoms with E-state index in [2.05, 4.69) is 32.0 Å². The number of rotatable bonds is 3. The van der Waals surface area contributed by atoms with Gasteiger partial charge in [0.05, 0.1) is 0 Å². The molecule has 0 bridgehead atoms. The molecule has 0 aliphatic heterocycles. The number of benzene rings is 1. The summed E-state index contributed by atoms with van der Waals surface area (Å²) < 4.78 is 0.493. The Balaban J connectivity index is 0.00000196. The molecule has 4 heteroatoms. The van der Waals surface area contributed by atoms with Gasteiger partial charge in [0, 0.05) is 26.0 Å². The van der Waals surface area contributed by atoms with Gasteiger partial charge in [-0.25, -0.2) is 0 Å². The van der Waals surface area contributed by atoms with Crippen molar-refractivity contribution in [3.63, 3.8) is 0 Å². The maximum absolute atomic E-state index is 5.53. The molecule has 2 N–H and O–H groups in total. The predicted molar refractivity (Wildman–Crippen MR) is 67.8 cm³/mol. The minimum absolute atomic E-state index is 0. The summed E-state index contributed by atoms with van der Waals surface area (Å²) in [6, 6.07) is 6.32. The van der Waals surface area contributed by atoms with Crippen molar-refractivity contribution >= 4 is 28.3 Å². The van der Waals surface area contributed by atoms with Gasteiger partial charge in [0.15, 0.2) is 0 Å². The van der Waals surface area contributed by atoms with Crippen LogP contribution in [0.15, 0.2) is 23.1 Å². The van der Waals surface area contributed by atoms with Gasteiger partial charge in [0.25, 0.3) is 0 Å². The largest absolute Gasteiger partial charge is 0.384 e. The fourth-order valence-electron chi connectivity index (χ4n) is 1.55. The summed E-state index contributed by atoms with van der Waals surface area (Å²) in [6.07, 6.45) is 2.10. The summed E-state index contributed by atoms with van der Waals surface area (Å²) in [5, 5.41) is 0. The first-order chi connectivity index (χ1) is 6.69. The number of thioether (sulfide) groups is 1. The second kappa shape index (κ2) is 7.43. The summed E-state index contributed by atoms with van der Waals surface area (Å²) in [4.78, 5) is 1.21. The molecule has 0 aromatic heterocycles. The average Bonchev–Trinajstić information content (AvgIpc) is 2.16. The van der Waals surface area contributed by atoms with Crippen LogP contribution in [0.25, 0.3) is 0 Å². The molecule has 82 valence electrons. The summed E-state index contributed by atoms with van der Waals surface area (Å²) in [5.74, 6) is 0. The molecule has 1 aromatic carbocycles. The molecule has 0 unspecified atom stereocenters. The summed E-state index contributed by atoms with van der Waals surface area (Å²) in [7, 11) is 0. The Kier molecular flexibility index (Phi) is 7.50. The number of hydrogen-bond donors (Lipinski definition) is 1. The molecule has 0 heterocycles. The molecule has 0 radical (unpaired) electrons. The van der Waals surface area contributed by atoms with Crippen LogP contribution in [-0.4, -0.2) is 4.32 Å². The van der Waals surface area contributed by atoms with E-state index in [4.69, 9.17) is 18.0 Å².